The van der Waals surface area contributed by atoms with Crippen molar-refractivity contribution in [1.29, 1.82) is 0 Å². The van der Waals surface area contributed by atoms with Crippen molar-refractivity contribution in [2.45, 2.75) is 19.3 Å². The Bertz CT molecular complexity index is 469. The van der Waals surface area contributed by atoms with Gasteiger partial charge in [0.2, 0.25) is 5.91 Å². The molecule has 1 aliphatic heterocycles. The molecule has 0 bridgehead atoms. The highest BCUT2D eigenvalue weighted by molar-refractivity contribution is 7.98. The number of carbonyl (C=O) groups excluding carboxylic acids is 1. The Balaban J connectivity index is 1.81. The summed E-state index contributed by atoms with van der Waals surface area (Å²) in [6, 6.07) is 6.44. The minimum absolute atomic E-state index is 0.222. The van der Waals surface area contributed by atoms with E-state index in [1.165, 1.54) is 6.07 Å². The number of ether oxygens (including phenoxy) is 1. The molecule has 0 unspecified atom stereocenters. The second-order valence-electron chi connectivity index (χ2n) is 5.33. The summed E-state index contributed by atoms with van der Waals surface area (Å²) < 4.78 is 19.1. The van der Waals surface area contributed by atoms with E-state index in [4.69, 9.17) is 4.74 Å². The lowest BCUT2D eigenvalue weighted by atomic mass is 9.99. The van der Waals surface area contributed by atoms with E-state index in [2.05, 4.69) is 0 Å². The average molecular weight is 311 g/mol. The van der Waals surface area contributed by atoms with E-state index in [-0.39, 0.29) is 17.6 Å². The van der Waals surface area contributed by atoms with Gasteiger partial charge in [0.15, 0.2) is 11.6 Å². The highest BCUT2D eigenvalue weighted by Gasteiger charge is 2.23. The van der Waals surface area contributed by atoms with Crippen LogP contribution in [0.15, 0.2) is 24.3 Å². The van der Waals surface area contributed by atoms with Gasteiger partial charge >= 0.3 is 0 Å². The summed E-state index contributed by atoms with van der Waals surface area (Å²) >= 11 is 1.69. The lowest BCUT2D eigenvalue weighted by Crippen LogP contribution is -2.41. The van der Waals surface area contributed by atoms with Crippen molar-refractivity contribution in [3.05, 3.63) is 30.1 Å². The van der Waals surface area contributed by atoms with Gasteiger partial charge in [0.05, 0.1) is 6.61 Å². The second kappa shape index (κ2) is 8.27. The van der Waals surface area contributed by atoms with Gasteiger partial charge in [0, 0.05) is 31.2 Å². The van der Waals surface area contributed by atoms with Crippen molar-refractivity contribution in [2.24, 2.45) is 5.92 Å². The molecule has 1 saturated heterocycles. The Kier molecular flexibility index (Phi) is 6.36. The fourth-order valence-corrected chi connectivity index (χ4v) is 2.92. The third kappa shape index (κ3) is 4.92. The first kappa shape index (κ1) is 16.1. The van der Waals surface area contributed by atoms with Crippen LogP contribution in [-0.4, -0.2) is 42.5 Å². The number of hydrogen-bond donors (Lipinski definition) is 0. The van der Waals surface area contributed by atoms with E-state index < -0.39 is 0 Å². The van der Waals surface area contributed by atoms with Crippen LogP contribution in [0.5, 0.6) is 5.75 Å². The van der Waals surface area contributed by atoms with Gasteiger partial charge in [-0.25, -0.2) is 4.39 Å². The number of thioether (sulfide) groups is 1. The number of carbonyl (C=O) groups is 1. The van der Waals surface area contributed by atoms with E-state index in [0.29, 0.717) is 18.8 Å². The van der Waals surface area contributed by atoms with E-state index in [1.54, 1.807) is 30.0 Å². The molecule has 116 valence electrons. The molecule has 1 atom stereocenters. The molecule has 0 spiro atoms. The molecule has 3 nitrogen and oxygen atoms in total. The van der Waals surface area contributed by atoms with Gasteiger partial charge in [0.25, 0.3) is 0 Å². The molecule has 0 radical (unpaired) electrons. The predicted molar refractivity (Wildman–Crippen MR) is 84.2 cm³/mol. The fourth-order valence-electron chi connectivity index (χ4n) is 2.54. The Morgan fingerprint density at radius 3 is 3.05 bits per heavy atom. The molecule has 1 fully saturated rings. The number of benzene rings is 1. The molecule has 0 saturated carbocycles. The number of halogens is 1. The Labute approximate surface area is 129 Å². The van der Waals surface area contributed by atoms with Gasteiger partial charge in [0.1, 0.15) is 0 Å². The Morgan fingerprint density at radius 1 is 1.48 bits per heavy atom. The van der Waals surface area contributed by atoms with Gasteiger partial charge in [-0.1, -0.05) is 12.1 Å². The molecule has 2 rings (SSSR count). The van der Waals surface area contributed by atoms with Gasteiger partial charge < -0.3 is 9.64 Å². The summed E-state index contributed by atoms with van der Waals surface area (Å²) in [6.07, 6.45) is 4.63. The fraction of sp³-hybridized carbons (Fsp3) is 0.562. The van der Waals surface area contributed by atoms with Crippen LogP contribution in [0.25, 0.3) is 0 Å². The molecule has 1 aromatic carbocycles. The normalized spacial score (nSPS) is 18.6. The van der Waals surface area contributed by atoms with Crippen LogP contribution in [0.3, 0.4) is 0 Å². The van der Waals surface area contributed by atoms with Gasteiger partial charge in [-0.3, -0.25) is 4.79 Å². The van der Waals surface area contributed by atoms with Crippen molar-refractivity contribution in [3.63, 3.8) is 0 Å². The van der Waals surface area contributed by atoms with Crippen LogP contribution in [0.4, 0.5) is 4.39 Å². The largest absolute Gasteiger partial charge is 0.490 e. The molecule has 0 aromatic heterocycles. The molecule has 0 N–H and O–H groups in total. The van der Waals surface area contributed by atoms with Crippen LogP contribution >= 0.6 is 11.8 Å². The van der Waals surface area contributed by atoms with Gasteiger partial charge in [-0.05, 0) is 31.2 Å². The lowest BCUT2D eigenvalue weighted by molar-refractivity contribution is -0.132. The average Bonchev–Trinajstić information content (AvgIpc) is 2.52. The molecule has 0 aliphatic carbocycles. The smallest absolute Gasteiger partial charge is 0.223 e. The molecule has 1 amide bonds. The maximum absolute atomic E-state index is 13.5. The van der Waals surface area contributed by atoms with E-state index in [0.717, 1.165) is 31.7 Å². The van der Waals surface area contributed by atoms with Crippen LogP contribution in [0.1, 0.15) is 19.3 Å². The molecular weight excluding hydrogens is 289 g/mol. The summed E-state index contributed by atoms with van der Waals surface area (Å²) in [5.41, 5.74) is 0. The third-order valence-corrected chi connectivity index (χ3v) is 4.32. The Hall–Kier alpha value is -1.23. The summed E-state index contributed by atoms with van der Waals surface area (Å²) in [5.74, 6) is 1.34. The number of rotatable bonds is 6. The number of nitrogens with zero attached hydrogens (tertiary/aromatic N) is 1. The van der Waals surface area contributed by atoms with Crippen LogP contribution in [-0.2, 0) is 4.79 Å². The first-order valence-electron chi connectivity index (χ1n) is 7.34. The van der Waals surface area contributed by atoms with E-state index in [1.807, 2.05) is 11.2 Å². The van der Waals surface area contributed by atoms with Crippen molar-refractivity contribution >= 4 is 17.7 Å². The molecule has 21 heavy (non-hydrogen) atoms. The van der Waals surface area contributed by atoms with Crippen molar-refractivity contribution in [2.75, 3.05) is 31.7 Å². The summed E-state index contributed by atoms with van der Waals surface area (Å²) in [6.45, 7) is 2.03. The molecule has 5 heteroatoms. The number of amides is 1. The first-order valence-corrected chi connectivity index (χ1v) is 8.74. The topological polar surface area (TPSA) is 29.5 Å². The zero-order chi connectivity index (χ0) is 15.1. The first-order chi connectivity index (χ1) is 10.2. The molecule has 1 aliphatic rings. The number of hydrogen-bond acceptors (Lipinski definition) is 3. The van der Waals surface area contributed by atoms with Crippen molar-refractivity contribution < 1.29 is 13.9 Å². The summed E-state index contributed by atoms with van der Waals surface area (Å²) in [7, 11) is 0. The lowest BCUT2D eigenvalue weighted by Gasteiger charge is -2.32. The number of likely N-dealkylation sites (tertiary alicyclic amines) is 1. The highest BCUT2D eigenvalue weighted by Crippen LogP contribution is 2.21. The number of para-hydroxylation sites is 1. The minimum atomic E-state index is -0.332. The number of piperidine rings is 1. The summed E-state index contributed by atoms with van der Waals surface area (Å²) in [5, 5.41) is 0. The quantitative estimate of drug-likeness (QED) is 0.808. The van der Waals surface area contributed by atoms with E-state index >= 15 is 0 Å². The van der Waals surface area contributed by atoms with Gasteiger partial charge in [-0.15, -0.1) is 0 Å². The van der Waals surface area contributed by atoms with Crippen LogP contribution < -0.4 is 4.74 Å². The molecule has 1 aromatic rings. The van der Waals surface area contributed by atoms with Crippen LogP contribution in [0, 0.1) is 11.7 Å². The monoisotopic (exact) mass is 311 g/mol. The maximum atomic E-state index is 13.5. The summed E-state index contributed by atoms with van der Waals surface area (Å²) in [4.78, 5) is 14.0. The predicted octanol–water partition coefficient (Wildman–Crippen LogP) is 3.20. The standard InChI is InChI=1S/C16H22FNO2S/c1-21-10-8-16(19)18-9-4-5-13(11-18)12-20-15-7-3-2-6-14(15)17/h2-3,6-7,13H,4-5,8-12H2,1H3/t13-/m0/s1. The maximum Gasteiger partial charge on any atom is 0.223 e. The zero-order valence-electron chi connectivity index (χ0n) is 12.4. The molecule has 1 heterocycles. The molecular formula is C16H22FNO2S. The Morgan fingerprint density at radius 2 is 2.29 bits per heavy atom. The third-order valence-electron chi connectivity index (χ3n) is 3.70. The minimum Gasteiger partial charge on any atom is -0.490 e. The van der Waals surface area contributed by atoms with Crippen molar-refractivity contribution in [3.8, 4) is 5.75 Å². The second-order valence-corrected chi connectivity index (χ2v) is 6.32. The van der Waals surface area contributed by atoms with E-state index in [9.17, 15) is 9.18 Å². The van der Waals surface area contributed by atoms with Gasteiger partial charge in [-0.2, -0.15) is 11.8 Å². The van der Waals surface area contributed by atoms with Crippen molar-refractivity contribution in [1.82, 2.24) is 4.90 Å². The van der Waals surface area contributed by atoms with Crippen LogP contribution in [0.2, 0.25) is 0 Å². The SMILES string of the molecule is CSCCC(=O)N1CCC[C@H](COc2ccccc2F)C1. The zero-order valence-corrected chi connectivity index (χ0v) is 13.2. The highest BCUT2D eigenvalue weighted by atomic mass is 32.2.